The predicted octanol–water partition coefficient (Wildman–Crippen LogP) is 1.99. The van der Waals surface area contributed by atoms with Gasteiger partial charge in [0.15, 0.2) is 11.5 Å². The summed E-state index contributed by atoms with van der Waals surface area (Å²) in [5.74, 6) is 1.22. The minimum absolute atomic E-state index is 0.0333. The Hall–Kier alpha value is -1.77. The summed E-state index contributed by atoms with van der Waals surface area (Å²) >= 11 is 0. The average Bonchev–Trinajstić information content (AvgIpc) is 3.31. The number of aliphatic hydroxyl groups is 1. The Labute approximate surface area is 125 Å². The summed E-state index contributed by atoms with van der Waals surface area (Å²) in [5.41, 5.74) is 0.218. The summed E-state index contributed by atoms with van der Waals surface area (Å²) < 4.78 is 11.0. The molecule has 1 unspecified atom stereocenters. The van der Waals surface area contributed by atoms with Gasteiger partial charge in [-0.15, -0.1) is 0 Å². The number of aliphatic hydroxyl groups excluding tert-OH is 1. The number of methoxy groups -OCH3 is 1. The molecule has 1 aliphatic carbocycles. The molecule has 1 aliphatic rings. The fourth-order valence-corrected chi connectivity index (χ4v) is 2.13. The van der Waals surface area contributed by atoms with Crippen molar-refractivity contribution in [1.82, 2.24) is 5.32 Å². The molecule has 2 rings (SSSR count). The summed E-state index contributed by atoms with van der Waals surface area (Å²) in [6, 6.07) is 8.13. The van der Waals surface area contributed by atoms with E-state index in [0.717, 1.165) is 18.4 Å². The Bertz CT molecular complexity index is 523. The van der Waals surface area contributed by atoms with Gasteiger partial charge in [0.25, 0.3) is 0 Å². The summed E-state index contributed by atoms with van der Waals surface area (Å²) in [4.78, 5) is 0. The third-order valence-corrected chi connectivity index (χ3v) is 3.62. The van der Waals surface area contributed by atoms with Crippen LogP contribution in [-0.4, -0.2) is 30.4 Å². The van der Waals surface area contributed by atoms with Crippen molar-refractivity contribution in [3.63, 3.8) is 0 Å². The number of nitriles is 1. The third-order valence-electron chi connectivity index (χ3n) is 3.62. The zero-order valence-corrected chi connectivity index (χ0v) is 12.6. The van der Waals surface area contributed by atoms with E-state index in [4.69, 9.17) is 14.6 Å². The molecule has 1 aromatic rings. The quantitative estimate of drug-likeness (QED) is 0.766. The monoisotopic (exact) mass is 290 g/mol. The number of hydrogen-bond donors (Lipinski definition) is 2. The standard InChI is InChI=1S/C16H22N2O3/c1-16(11-17,18-13-4-5-13)7-8-21-14-6-3-12(10-19)9-15(14)20-2/h3,6,9,13,18-19H,4-5,7-8,10H2,1-2H3. The largest absolute Gasteiger partial charge is 0.493 e. The van der Waals surface area contributed by atoms with Crippen molar-refractivity contribution in [2.45, 2.75) is 44.4 Å². The first-order chi connectivity index (χ1) is 10.1. The van der Waals surface area contributed by atoms with E-state index in [1.807, 2.05) is 6.92 Å². The lowest BCUT2D eigenvalue weighted by Gasteiger charge is -2.23. The lowest BCUT2D eigenvalue weighted by Crippen LogP contribution is -2.43. The normalized spacial score (nSPS) is 16.9. The highest BCUT2D eigenvalue weighted by Gasteiger charge is 2.32. The molecule has 0 bridgehead atoms. The van der Waals surface area contributed by atoms with Crippen LogP contribution in [0.15, 0.2) is 18.2 Å². The molecule has 0 aliphatic heterocycles. The van der Waals surface area contributed by atoms with Crippen LogP contribution in [0, 0.1) is 11.3 Å². The lowest BCUT2D eigenvalue weighted by molar-refractivity contribution is 0.253. The smallest absolute Gasteiger partial charge is 0.161 e. The maximum absolute atomic E-state index is 9.31. The maximum atomic E-state index is 9.31. The van der Waals surface area contributed by atoms with Crippen LogP contribution >= 0.6 is 0 Å². The summed E-state index contributed by atoms with van der Waals surface area (Å²) in [5, 5.41) is 21.8. The molecule has 5 nitrogen and oxygen atoms in total. The predicted molar refractivity (Wildman–Crippen MR) is 79.2 cm³/mol. The molecular formula is C16H22N2O3. The zero-order valence-electron chi connectivity index (χ0n) is 12.6. The number of hydrogen-bond acceptors (Lipinski definition) is 5. The van der Waals surface area contributed by atoms with E-state index in [0.29, 0.717) is 30.6 Å². The Morgan fingerprint density at radius 3 is 2.76 bits per heavy atom. The van der Waals surface area contributed by atoms with Crippen LogP contribution in [0.1, 0.15) is 31.7 Å². The van der Waals surface area contributed by atoms with Crippen LogP contribution in [0.5, 0.6) is 11.5 Å². The average molecular weight is 290 g/mol. The van der Waals surface area contributed by atoms with Gasteiger partial charge in [-0.2, -0.15) is 5.26 Å². The van der Waals surface area contributed by atoms with Crippen LogP contribution in [-0.2, 0) is 6.61 Å². The van der Waals surface area contributed by atoms with Crippen molar-refractivity contribution < 1.29 is 14.6 Å². The zero-order chi connectivity index (χ0) is 15.3. The van der Waals surface area contributed by atoms with Gasteiger partial charge in [-0.05, 0) is 37.5 Å². The Morgan fingerprint density at radius 1 is 1.43 bits per heavy atom. The molecule has 2 N–H and O–H groups in total. The first kappa shape index (κ1) is 15.6. The van der Waals surface area contributed by atoms with E-state index < -0.39 is 5.54 Å². The van der Waals surface area contributed by atoms with Gasteiger partial charge < -0.3 is 14.6 Å². The Morgan fingerprint density at radius 2 is 2.19 bits per heavy atom. The summed E-state index contributed by atoms with van der Waals surface area (Å²) in [7, 11) is 1.57. The van der Waals surface area contributed by atoms with Crippen LogP contribution in [0.25, 0.3) is 0 Å². The van der Waals surface area contributed by atoms with Crippen molar-refractivity contribution in [2.75, 3.05) is 13.7 Å². The highest BCUT2D eigenvalue weighted by atomic mass is 16.5. The van der Waals surface area contributed by atoms with E-state index in [2.05, 4.69) is 11.4 Å². The third kappa shape index (κ3) is 4.35. The van der Waals surface area contributed by atoms with Gasteiger partial charge >= 0.3 is 0 Å². The highest BCUT2D eigenvalue weighted by Crippen LogP contribution is 2.29. The molecule has 0 spiro atoms. The minimum atomic E-state index is -0.556. The fourth-order valence-electron chi connectivity index (χ4n) is 2.13. The summed E-state index contributed by atoms with van der Waals surface area (Å²) in [6.45, 7) is 2.30. The van der Waals surface area contributed by atoms with Gasteiger partial charge in [0.1, 0.15) is 5.54 Å². The number of nitrogens with zero attached hydrogens (tertiary/aromatic N) is 1. The van der Waals surface area contributed by atoms with Gasteiger partial charge in [0.05, 0.1) is 26.4 Å². The van der Waals surface area contributed by atoms with E-state index in [1.54, 1.807) is 25.3 Å². The van der Waals surface area contributed by atoms with Crippen molar-refractivity contribution in [3.05, 3.63) is 23.8 Å². The van der Waals surface area contributed by atoms with Crippen molar-refractivity contribution in [2.24, 2.45) is 0 Å². The van der Waals surface area contributed by atoms with Crippen LogP contribution in [0.4, 0.5) is 0 Å². The SMILES string of the molecule is COc1cc(CO)ccc1OCCC(C)(C#N)NC1CC1. The molecule has 0 aromatic heterocycles. The number of benzene rings is 1. The minimum Gasteiger partial charge on any atom is -0.493 e. The second kappa shape index (κ2) is 6.79. The van der Waals surface area contributed by atoms with Gasteiger partial charge in [-0.1, -0.05) is 6.07 Å². The Kier molecular flexibility index (Phi) is 5.05. The van der Waals surface area contributed by atoms with Gasteiger partial charge in [-0.3, -0.25) is 5.32 Å². The van der Waals surface area contributed by atoms with Crippen LogP contribution in [0.2, 0.25) is 0 Å². The molecule has 0 amide bonds. The van der Waals surface area contributed by atoms with Gasteiger partial charge in [0, 0.05) is 12.5 Å². The molecule has 1 saturated carbocycles. The second-order valence-corrected chi connectivity index (χ2v) is 5.60. The first-order valence-electron chi connectivity index (χ1n) is 7.20. The van der Waals surface area contributed by atoms with Gasteiger partial charge in [0.2, 0.25) is 0 Å². The number of rotatable bonds is 8. The molecule has 0 saturated heterocycles. The molecule has 5 heteroatoms. The summed E-state index contributed by atoms with van der Waals surface area (Å²) in [6.07, 6.45) is 2.90. The van der Waals surface area contributed by atoms with Crippen LogP contribution in [0.3, 0.4) is 0 Å². The number of ether oxygens (including phenoxy) is 2. The molecule has 21 heavy (non-hydrogen) atoms. The molecule has 0 radical (unpaired) electrons. The molecule has 1 fully saturated rings. The van der Waals surface area contributed by atoms with E-state index in [9.17, 15) is 5.26 Å². The topological polar surface area (TPSA) is 74.5 Å². The molecule has 1 aromatic carbocycles. The first-order valence-corrected chi connectivity index (χ1v) is 7.20. The van der Waals surface area contributed by atoms with Crippen molar-refractivity contribution >= 4 is 0 Å². The van der Waals surface area contributed by atoms with Gasteiger partial charge in [-0.25, -0.2) is 0 Å². The van der Waals surface area contributed by atoms with Crippen molar-refractivity contribution in [1.29, 1.82) is 5.26 Å². The number of nitrogens with one attached hydrogen (secondary N) is 1. The van der Waals surface area contributed by atoms with E-state index in [-0.39, 0.29) is 6.61 Å². The van der Waals surface area contributed by atoms with Crippen LogP contribution < -0.4 is 14.8 Å². The molecule has 0 heterocycles. The second-order valence-electron chi connectivity index (χ2n) is 5.60. The maximum Gasteiger partial charge on any atom is 0.161 e. The van der Waals surface area contributed by atoms with Crippen molar-refractivity contribution in [3.8, 4) is 17.6 Å². The molecule has 114 valence electrons. The molecule has 1 atom stereocenters. The fraction of sp³-hybridized carbons (Fsp3) is 0.562. The molecular weight excluding hydrogens is 268 g/mol. The lowest BCUT2D eigenvalue weighted by atomic mass is 10.0. The van der Waals surface area contributed by atoms with E-state index in [1.165, 1.54) is 0 Å². The Balaban J connectivity index is 1.91. The van der Waals surface area contributed by atoms with E-state index >= 15 is 0 Å². The highest BCUT2D eigenvalue weighted by molar-refractivity contribution is 5.42.